The molecule has 0 aliphatic rings. The second-order valence-electron chi connectivity index (χ2n) is 4.18. The SMILES string of the molecule is COC(=O)C(C)(C)Cc1ccc(Cl)cc1. The maximum atomic E-state index is 11.5. The van der Waals surface area contributed by atoms with Gasteiger partial charge < -0.3 is 4.74 Å². The minimum atomic E-state index is -0.497. The number of esters is 1. The number of hydrogen-bond donors (Lipinski definition) is 0. The molecule has 0 spiro atoms. The standard InChI is InChI=1S/C12H15ClO2/c1-12(2,11(14)15-3)8-9-4-6-10(13)7-5-9/h4-7H,8H2,1-3H3. The van der Waals surface area contributed by atoms with Gasteiger partial charge in [0.25, 0.3) is 0 Å². The van der Waals surface area contributed by atoms with E-state index in [1.165, 1.54) is 7.11 Å². The number of benzene rings is 1. The van der Waals surface area contributed by atoms with Gasteiger partial charge in [0, 0.05) is 5.02 Å². The summed E-state index contributed by atoms with van der Waals surface area (Å²) >= 11 is 5.78. The van der Waals surface area contributed by atoms with Gasteiger partial charge in [-0.25, -0.2) is 0 Å². The summed E-state index contributed by atoms with van der Waals surface area (Å²) in [6.45, 7) is 3.74. The second-order valence-corrected chi connectivity index (χ2v) is 4.62. The fourth-order valence-corrected chi connectivity index (χ4v) is 1.59. The number of rotatable bonds is 3. The maximum Gasteiger partial charge on any atom is 0.311 e. The first-order valence-corrected chi connectivity index (χ1v) is 5.16. The molecule has 0 aromatic heterocycles. The minimum absolute atomic E-state index is 0.197. The van der Waals surface area contributed by atoms with Gasteiger partial charge in [0.2, 0.25) is 0 Å². The zero-order valence-electron chi connectivity index (χ0n) is 9.21. The first-order chi connectivity index (χ1) is 6.95. The molecule has 0 atom stereocenters. The topological polar surface area (TPSA) is 26.3 Å². The lowest BCUT2D eigenvalue weighted by molar-refractivity contribution is -0.150. The molecule has 0 amide bonds. The molecule has 0 fully saturated rings. The number of methoxy groups -OCH3 is 1. The van der Waals surface area contributed by atoms with Crippen LogP contribution in [0.1, 0.15) is 19.4 Å². The van der Waals surface area contributed by atoms with Gasteiger partial charge in [0.15, 0.2) is 0 Å². The van der Waals surface area contributed by atoms with E-state index in [-0.39, 0.29) is 5.97 Å². The van der Waals surface area contributed by atoms with Crippen LogP contribution in [0.3, 0.4) is 0 Å². The first kappa shape index (κ1) is 12.1. The highest BCUT2D eigenvalue weighted by atomic mass is 35.5. The minimum Gasteiger partial charge on any atom is -0.469 e. The monoisotopic (exact) mass is 226 g/mol. The van der Waals surface area contributed by atoms with Crippen LogP contribution in [-0.4, -0.2) is 13.1 Å². The lowest BCUT2D eigenvalue weighted by Gasteiger charge is -2.21. The lowest BCUT2D eigenvalue weighted by Crippen LogP contribution is -2.27. The zero-order chi connectivity index (χ0) is 11.5. The van der Waals surface area contributed by atoms with E-state index in [2.05, 4.69) is 0 Å². The van der Waals surface area contributed by atoms with Crippen LogP contribution < -0.4 is 0 Å². The summed E-state index contributed by atoms with van der Waals surface area (Å²) in [5, 5.41) is 0.703. The fourth-order valence-electron chi connectivity index (χ4n) is 1.46. The van der Waals surface area contributed by atoms with Crippen LogP contribution >= 0.6 is 11.6 Å². The molecule has 3 heteroatoms. The number of carbonyl (C=O) groups is 1. The molecule has 1 rings (SSSR count). The highest BCUT2D eigenvalue weighted by Crippen LogP contribution is 2.24. The predicted octanol–water partition coefficient (Wildman–Crippen LogP) is 3.08. The van der Waals surface area contributed by atoms with Gasteiger partial charge in [0.1, 0.15) is 0 Å². The highest BCUT2D eigenvalue weighted by Gasteiger charge is 2.28. The molecule has 0 N–H and O–H groups in total. The van der Waals surface area contributed by atoms with Crippen molar-refractivity contribution in [1.82, 2.24) is 0 Å². The van der Waals surface area contributed by atoms with E-state index in [1.54, 1.807) is 0 Å². The maximum absolute atomic E-state index is 11.5. The molecule has 1 aromatic rings. The van der Waals surface area contributed by atoms with Crippen molar-refractivity contribution in [2.75, 3.05) is 7.11 Å². The number of halogens is 1. The van der Waals surface area contributed by atoms with E-state index in [0.29, 0.717) is 11.4 Å². The summed E-state index contributed by atoms with van der Waals surface area (Å²) < 4.78 is 4.75. The summed E-state index contributed by atoms with van der Waals surface area (Å²) in [5.41, 5.74) is 0.581. The van der Waals surface area contributed by atoms with Gasteiger partial charge in [0.05, 0.1) is 12.5 Å². The molecule has 0 heterocycles. The molecule has 2 nitrogen and oxygen atoms in total. The molecule has 0 aliphatic heterocycles. The molecule has 0 bridgehead atoms. The Bertz CT molecular complexity index is 341. The second kappa shape index (κ2) is 4.67. The predicted molar refractivity (Wildman–Crippen MR) is 61.0 cm³/mol. The molecule has 0 aliphatic carbocycles. The Labute approximate surface area is 95.2 Å². The molecule has 0 radical (unpaired) electrons. The number of ether oxygens (including phenoxy) is 1. The van der Waals surface area contributed by atoms with Gasteiger partial charge in [-0.3, -0.25) is 4.79 Å². The smallest absolute Gasteiger partial charge is 0.311 e. The van der Waals surface area contributed by atoms with Crippen LogP contribution in [0.4, 0.5) is 0 Å². The summed E-state index contributed by atoms with van der Waals surface area (Å²) in [4.78, 5) is 11.5. The van der Waals surface area contributed by atoms with Crippen LogP contribution in [0.5, 0.6) is 0 Å². The Morgan fingerprint density at radius 2 is 1.87 bits per heavy atom. The Morgan fingerprint density at radius 3 is 2.33 bits per heavy atom. The highest BCUT2D eigenvalue weighted by molar-refractivity contribution is 6.30. The van der Waals surface area contributed by atoms with Crippen LogP contribution in [0, 0.1) is 5.41 Å². The van der Waals surface area contributed by atoms with E-state index in [4.69, 9.17) is 16.3 Å². The third-order valence-electron chi connectivity index (χ3n) is 2.30. The third-order valence-corrected chi connectivity index (χ3v) is 2.55. The van der Waals surface area contributed by atoms with Crippen molar-refractivity contribution in [1.29, 1.82) is 0 Å². The van der Waals surface area contributed by atoms with Crippen molar-refractivity contribution in [2.45, 2.75) is 20.3 Å². The average molecular weight is 227 g/mol. The van der Waals surface area contributed by atoms with Gasteiger partial charge in [-0.1, -0.05) is 23.7 Å². The normalized spacial score (nSPS) is 11.2. The number of carbonyl (C=O) groups excluding carboxylic acids is 1. The fraction of sp³-hybridized carbons (Fsp3) is 0.417. The van der Waals surface area contributed by atoms with Gasteiger partial charge in [-0.2, -0.15) is 0 Å². The first-order valence-electron chi connectivity index (χ1n) is 4.78. The summed E-state index contributed by atoms with van der Waals surface area (Å²) in [6, 6.07) is 7.49. The molecule has 82 valence electrons. The van der Waals surface area contributed by atoms with Crippen LogP contribution in [0.2, 0.25) is 5.02 Å². The molecule has 0 saturated heterocycles. The van der Waals surface area contributed by atoms with Crippen LogP contribution in [0.15, 0.2) is 24.3 Å². The van der Waals surface area contributed by atoms with E-state index >= 15 is 0 Å². The van der Waals surface area contributed by atoms with Crippen LogP contribution in [-0.2, 0) is 16.0 Å². The Hall–Kier alpha value is -1.02. The van der Waals surface area contributed by atoms with E-state index in [0.717, 1.165) is 5.56 Å². The van der Waals surface area contributed by atoms with Crippen molar-refractivity contribution in [3.8, 4) is 0 Å². The van der Waals surface area contributed by atoms with Crippen molar-refractivity contribution in [2.24, 2.45) is 5.41 Å². The molecule has 15 heavy (non-hydrogen) atoms. The zero-order valence-corrected chi connectivity index (χ0v) is 9.97. The van der Waals surface area contributed by atoms with Crippen molar-refractivity contribution in [3.63, 3.8) is 0 Å². The lowest BCUT2D eigenvalue weighted by atomic mass is 9.86. The van der Waals surface area contributed by atoms with Gasteiger partial charge in [-0.15, -0.1) is 0 Å². The number of hydrogen-bond acceptors (Lipinski definition) is 2. The Kier molecular flexibility index (Phi) is 3.75. The average Bonchev–Trinajstić information content (AvgIpc) is 2.20. The Morgan fingerprint density at radius 1 is 1.33 bits per heavy atom. The molecular formula is C12H15ClO2. The summed E-state index contributed by atoms with van der Waals surface area (Å²) in [7, 11) is 1.41. The molecule has 0 saturated carbocycles. The summed E-state index contributed by atoms with van der Waals surface area (Å²) in [5.74, 6) is -0.197. The Balaban J connectivity index is 2.77. The van der Waals surface area contributed by atoms with Gasteiger partial charge >= 0.3 is 5.97 Å². The van der Waals surface area contributed by atoms with E-state index in [9.17, 15) is 4.79 Å². The summed E-state index contributed by atoms with van der Waals surface area (Å²) in [6.07, 6.45) is 0.650. The molecule has 1 aromatic carbocycles. The quantitative estimate of drug-likeness (QED) is 0.741. The van der Waals surface area contributed by atoms with Crippen molar-refractivity contribution in [3.05, 3.63) is 34.9 Å². The van der Waals surface area contributed by atoms with Gasteiger partial charge in [-0.05, 0) is 38.0 Å². The van der Waals surface area contributed by atoms with Crippen molar-refractivity contribution < 1.29 is 9.53 Å². The third kappa shape index (κ3) is 3.24. The van der Waals surface area contributed by atoms with E-state index in [1.807, 2.05) is 38.1 Å². The van der Waals surface area contributed by atoms with Crippen molar-refractivity contribution >= 4 is 17.6 Å². The van der Waals surface area contributed by atoms with Crippen LogP contribution in [0.25, 0.3) is 0 Å². The largest absolute Gasteiger partial charge is 0.469 e. The van der Waals surface area contributed by atoms with E-state index < -0.39 is 5.41 Å². The molecule has 0 unspecified atom stereocenters. The molecular weight excluding hydrogens is 212 g/mol.